The maximum absolute atomic E-state index is 11.1. The van der Waals surface area contributed by atoms with Crippen molar-refractivity contribution in [1.82, 2.24) is 0 Å². The number of rotatable bonds is 3. The highest BCUT2D eigenvalue weighted by Gasteiger charge is 2.13. The van der Waals surface area contributed by atoms with Gasteiger partial charge in [-0.2, -0.15) is 0 Å². The van der Waals surface area contributed by atoms with Gasteiger partial charge in [0.1, 0.15) is 0 Å². The number of carbonyl (C=O) groups excluding carboxylic acids is 1. The molecule has 0 aliphatic heterocycles. The van der Waals surface area contributed by atoms with E-state index in [9.17, 15) is 4.79 Å². The average Bonchev–Trinajstić information content (AvgIpc) is 2.65. The van der Waals surface area contributed by atoms with Crippen LogP contribution in [0.25, 0.3) is 16.2 Å². The normalized spacial score (nSPS) is 10.5. The fourth-order valence-corrected chi connectivity index (χ4v) is 2.88. The van der Waals surface area contributed by atoms with E-state index in [-0.39, 0.29) is 5.97 Å². The van der Waals surface area contributed by atoms with Crippen molar-refractivity contribution in [3.05, 3.63) is 35.2 Å². The van der Waals surface area contributed by atoms with Gasteiger partial charge >= 0.3 is 5.97 Å². The third-order valence-corrected chi connectivity index (χ3v) is 3.82. The van der Waals surface area contributed by atoms with E-state index in [1.54, 1.807) is 11.3 Å². The Morgan fingerprint density at radius 2 is 2.29 bits per heavy atom. The first kappa shape index (κ1) is 11.9. The van der Waals surface area contributed by atoms with Gasteiger partial charge < -0.3 is 4.74 Å². The van der Waals surface area contributed by atoms with Crippen molar-refractivity contribution >= 4 is 33.5 Å². The third kappa shape index (κ3) is 2.24. The molecule has 0 saturated carbocycles. The van der Waals surface area contributed by atoms with Gasteiger partial charge in [0.15, 0.2) is 5.75 Å². The molecule has 2 aromatic rings. The van der Waals surface area contributed by atoms with Crippen LogP contribution in [0.2, 0.25) is 0 Å². The fourth-order valence-electron chi connectivity index (χ4n) is 1.76. The Balaban J connectivity index is 2.63. The van der Waals surface area contributed by atoms with Crippen LogP contribution in [0.3, 0.4) is 0 Å². The molecule has 0 spiro atoms. The Labute approximate surface area is 105 Å². The highest BCUT2D eigenvalue weighted by molar-refractivity contribution is 7.19. The molecule has 0 atom stereocenters. The molecule has 0 aliphatic carbocycles. The van der Waals surface area contributed by atoms with E-state index in [1.807, 2.05) is 18.2 Å². The van der Waals surface area contributed by atoms with Crippen LogP contribution in [-0.4, -0.2) is 5.97 Å². The second-order valence-electron chi connectivity index (χ2n) is 3.76. The summed E-state index contributed by atoms with van der Waals surface area (Å²) in [6.07, 6.45) is 2.68. The van der Waals surface area contributed by atoms with Crippen LogP contribution in [0.5, 0.6) is 5.75 Å². The van der Waals surface area contributed by atoms with Gasteiger partial charge in [-0.15, -0.1) is 11.3 Å². The molecule has 1 heterocycles. The summed E-state index contributed by atoms with van der Waals surface area (Å²) in [5.41, 5.74) is 1.08. The summed E-state index contributed by atoms with van der Waals surface area (Å²) in [4.78, 5) is 12.2. The largest absolute Gasteiger partial charge is 0.425 e. The Hall–Kier alpha value is -1.61. The number of hydrogen-bond donors (Lipinski definition) is 0. The lowest BCUT2D eigenvalue weighted by atomic mass is 10.1. The van der Waals surface area contributed by atoms with Crippen molar-refractivity contribution < 1.29 is 9.53 Å². The first-order valence-electron chi connectivity index (χ1n) is 5.52. The zero-order valence-corrected chi connectivity index (χ0v) is 10.8. The van der Waals surface area contributed by atoms with E-state index in [0.29, 0.717) is 0 Å². The van der Waals surface area contributed by atoms with Gasteiger partial charge in [0.05, 0.1) is 0 Å². The lowest BCUT2D eigenvalue weighted by molar-refractivity contribution is -0.131. The topological polar surface area (TPSA) is 26.3 Å². The maximum atomic E-state index is 11.1. The van der Waals surface area contributed by atoms with Gasteiger partial charge in [-0.1, -0.05) is 25.6 Å². The lowest BCUT2D eigenvalue weighted by Crippen LogP contribution is -2.02. The van der Waals surface area contributed by atoms with Crippen LogP contribution in [0, 0.1) is 0 Å². The fraction of sp³-hybridized carbons (Fsp3) is 0.214. The number of benzene rings is 1. The highest BCUT2D eigenvalue weighted by Crippen LogP contribution is 2.38. The Kier molecular flexibility index (Phi) is 3.29. The molecule has 1 aromatic carbocycles. The molecule has 3 heteroatoms. The summed E-state index contributed by atoms with van der Waals surface area (Å²) in [6.45, 7) is 7.25. The molecular formula is C14H14O2S. The molecular weight excluding hydrogens is 232 g/mol. The minimum Gasteiger partial charge on any atom is -0.425 e. The highest BCUT2D eigenvalue weighted by atomic mass is 32.1. The molecule has 0 saturated heterocycles. The molecule has 2 rings (SSSR count). The Morgan fingerprint density at radius 1 is 1.53 bits per heavy atom. The molecule has 0 radical (unpaired) electrons. The van der Waals surface area contributed by atoms with Crippen LogP contribution < -0.4 is 4.74 Å². The average molecular weight is 246 g/mol. The summed E-state index contributed by atoms with van der Waals surface area (Å²) in [7, 11) is 0. The van der Waals surface area contributed by atoms with Crippen LogP contribution in [-0.2, 0) is 11.2 Å². The Bertz CT molecular complexity index is 581. The van der Waals surface area contributed by atoms with Crippen molar-refractivity contribution in [2.45, 2.75) is 20.3 Å². The second kappa shape index (κ2) is 4.72. The summed E-state index contributed by atoms with van der Waals surface area (Å²) in [5.74, 6) is 0.447. The van der Waals surface area contributed by atoms with E-state index in [0.717, 1.165) is 32.7 Å². The standard InChI is InChI=1S/C14H14O2S/c1-4-10-6-7-11-13(8-10)17-12(5-2)14(11)16-9(3)15/h4,6-8H,1,5H2,2-3H3. The van der Waals surface area contributed by atoms with E-state index in [2.05, 4.69) is 19.6 Å². The molecule has 0 aliphatic rings. The Morgan fingerprint density at radius 3 is 2.88 bits per heavy atom. The molecule has 17 heavy (non-hydrogen) atoms. The number of thiophene rings is 1. The van der Waals surface area contributed by atoms with Crippen molar-refractivity contribution in [3.63, 3.8) is 0 Å². The predicted octanol–water partition coefficient (Wildman–Crippen LogP) is 4.03. The molecule has 1 aromatic heterocycles. The maximum Gasteiger partial charge on any atom is 0.308 e. The summed E-state index contributed by atoms with van der Waals surface area (Å²) < 4.78 is 6.44. The smallest absolute Gasteiger partial charge is 0.308 e. The first-order chi connectivity index (χ1) is 8.15. The number of esters is 1. The van der Waals surface area contributed by atoms with Crippen molar-refractivity contribution in [3.8, 4) is 5.75 Å². The number of fused-ring (bicyclic) bond motifs is 1. The van der Waals surface area contributed by atoms with E-state index in [1.165, 1.54) is 6.92 Å². The van der Waals surface area contributed by atoms with E-state index < -0.39 is 0 Å². The van der Waals surface area contributed by atoms with Crippen LogP contribution in [0.15, 0.2) is 24.8 Å². The SMILES string of the molecule is C=Cc1ccc2c(OC(C)=O)c(CC)sc2c1. The molecule has 0 amide bonds. The van der Waals surface area contributed by atoms with E-state index in [4.69, 9.17) is 4.74 Å². The van der Waals surface area contributed by atoms with Gasteiger partial charge in [0.25, 0.3) is 0 Å². The lowest BCUT2D eigenvalue weighted by Gasteiger charge is -2.02. The number of ether oxygens (including phenoxy) is 1. The number of aryl methyl sites for hydroxylation is 1. The van der Waals surface area contributed by atoms with Crippen LogP contribution in [0.1, 0.15) is 24.3 Å². The monoisotopic (exact) mass is 246 g/mol. The van der Waals surface area contributed by atoms with Gasteiger partial charge in [0.2, 0.25) is 0 Å². The van der Waals surface area contributed by atoms with Crippen molar-refractivity contribution in [1.29, 1.82) is 0 Å². The van der Waals surface area contributed by atoms with E-state index >= 15 is 0 Å². The second-order valence-corrected chi connectivity index (χ2v) is 4.90. The summed E-state index contributed by atoms with van der Waals surface area (Å²) >= 11 is 1.67. The quantitative estimate of drug-likeness (QED) is 0.764. The van der Waals surface area contributed by atoms with Crippen LogP contribution in [0.4, 0.5) is 0 Å². The molecule has 2 nitrogen and oxygen atoms in total. The van der Waals surface area contributed by atoms with Gasteiger partial charge in [-0.05, 0) is 24.1 Å². The zero-order chi connectivity index (χ0) is 12.4. The molecule has 0 fully saturated rings. The van der Waals surface area contributed by atoms with Crippen LogP contribution >= 0.6 is 11.3 Å². The molecule has 0 unspecified atom stereocenters. The number of carbonyl (C=O) groups is 1. The third-order valence-electron chi connectivity index (χ3n) is 2.54. The minimum absolute atomic E-state index is 0.271. The molecule has 0 N–H and O–H groups in total. The number of hydrogen-bond acceptors (Lipinski definition) is 3. The van der Waals surface area contributed by atoms with Gasteiger partial charge in [0, 0.05) is 21.9 Å². The van der Waals surface area contributed by atoms with Crippen molar-refractivity contribution in [2.75, 3.05) is 0 Å². The summed E-state index contributed by atoms with van der Waals surface area (Å²) in [6, 6.07) is 6.04. The van der Waals surface area contributed by atoms with Gasteiger partial charge in [-0.25, -0.2) is 0 Å². The minimum atomic E-state index is -0.271. The molecule has 0 bridgehead atoms. The van der Waals surface area contributed by atoms with Crippen molar-refractivity contribution in [2.24, 2.45) is 0 Å². The summed E-state index contributed by atoms with van der Waals surface area (Å²) in [5, 5.41) is 1.01. The molecule has 88 valence electrons. The zero-order valence-electron chi connectivity index (χ0n) is 9.95. The first-order valence-corrected chi connectivity index (χ1v) is 6.33. The van der Waals surface area contributed by atoms with Gasteiger partial charge in [-0.3, -0.25) is 4.79 Å². The predicted molar refractivity (Wildman–Crippen MR) is 72.6 cm³/mol.